The highest BCUT2D eigenvalue weighted by Crippen LogP contribution is 2.39. The van der Waals surface area contributed by atoms with Gasteiger partial charge in [-0.25, -0.2) is 9.59 Å². The van der Waals surface area contributed by atoms with Crippen molar-refractivity contribution in [2.45, 2.75) is 91.8 Å². The molecule has 0 aliphatic heterocycles. The maximum atomic E-state index is 13.0. The number of aliphatic hydroxyl groups excluding tert-OH is 1. The van der Waals surface area contributed by atoms with Gasteiger partial charge in [0, 0.05) is 18.7 Å². The maximum Gasteiger partial charge on any atom is 0.407 e. The van der Waals surface area contributed by atoms with E-state index in [0.717, 1.165) is 32.1 Å². The first kappa shape index (κ1) is 36.6. The molecule has 1 rings (SSSR count). The summed E-state index contributed by atoms with van der Waals surface area (Å²) in [6, 6.07) is 3.15. The maximum absolute atomic E-state index is 13.0. The molecule has 0 atom stereocenters. The van der Waals surface area contributed by atoms with E-state index >= 15 is 0 Å². The molecule has 12 heteroatoms. The quantitative estimate of drug-likeness (QED) is 0.178. The van der Waals surface area contributed by atoms with Gasteiger partial charge in [0.25, 0.3) is 5.91 Å². The van der Waals surface area contributed by atoms with Crippen LogP contribution in [0.15, 0.2) is 12.1 Å². The molecule has 0 bridgehead atoms. The van der Waals surface area contributed by atoms with Gasteiger partial charge in [-0.3, -0.25) is 4.79 Å². The van der Waals surface area contributed by atoms with Gasteiger partial charge >= 0.3 is 12.2 Å². The van der Waals surface area contributed by atoms with Crippen LogP contribution in [-0.4, -0.2) is 80.5 Å². The zero-order valence-electron chi connectivity index (χ0n) is 26.4. The molecule has 12 nitrogen and oxygen atoms in total. The van der Waals surface area contributed by atoms with Gasteiger partial charge in [0.05, 0.1) is 19.7 Å². The number of nitrogens with one attached hydrogen (secondary N) is 3. The Labute approximate surface area is 250 Å². The van der Waals surface area contributed by atoms with Gasteiger partial charge < -0.3 is 44.7 Å². The summed E-state index contributed by atoms with van der Waals surface area (Å²) in [5.74, 6) is 0.555. The molecule has 0 aliphatic rings. The van der Waals surface area contributed by atoms with Crippen LogP contribution >= 0.6 is 0 Å². The molecule has 1 aromatic rings. The van der Waals surface area contributed by atoms with Gasteiger partial charge in [-0.1, -0.05) is 19.8 Å². The number of alkyl carbamates (subject to hydrolysis) is 2. The molecular formula is C30H51N3O9. The Kier molecular flexibility index (Phi) is 16.5. The third kappa shape index (κ3) is 16.8. The average Bonchev–Trinajstić information content (AvgIpc) is 2.88. The number of unbranched alkanes of at least 4 members (excludes halogenated alkanes) is 3. The first-order valence-corrected chi connectivity index (χ1v) is 14.6. The topological polar surface area (TPSA) is 154 Å². The third-order valence-corrected chi connectivity index (χ3v) is 5.16. The van der Waals surface area contributed by atoms with Gasteiger partial charge in [-0.15, -0.1) is 0 Å². The van der Waals surface area contributed by atoms with Gasteiger partial charge in [-0.05, 0) is 72.9 Å². The molecule has 0 heterocycles. The summed E-state index contributed by atoms with van der Waals surface area (Å²) in [6.45, 7) is 14.1. The molecule has 3 amide bonds. The fraction of sp³-hybridized carbons (Fsp3) is 0.700. The molecule has 1 aromatic carbocycles. The van der Waals surface area contributed by atoms with Crippen LogP contribution in [0.25, 0.3) is 0 Å². The van der Waals surface area contributed by atoms with Crippen LogP contribution < -0.4 is 30.2 Å². The SMILES string of the molecule is CCCOc1c(OCCNC(=O)OC(C)(C)C)cc(C(=O)NCCCCCCO)cc1OCCNC(=O)OC(C)(C)C. The lowest BCUT2D eigenvalue weighted by atomic mass is 10.1. The van der Waals surface area contributed by atoms with E-state index in [9.17, 15) is 14.4 Å². The first-order valence-electron chi connectivity index (χ1n) is 14.6. The van der Waals surface area contributed by atoms with Crippen LogP contribution in [0.4, 0.5) is 9.59 Å². The number of amides is 3. The van der Waals surface area contributed by atoms with Crippen molar-refractivity contribution < 1.29 is 43.2 Å². The van der Waals surface area contributed by atoms with E-state index in [0.29, 0.717) is 24.5 Å². The molecule has 240 valence electrons. The van der Waals surface area contributed by atoms with E-state index in [-0.39, 0.29) is 50.3 Å². The summed E-state index contributed by atoms with van der Waals surface area (Å²) < 4.78 is 28.3. The fourth-order valence-corrected chi connectivity index (χ4v) is 3.42. The van der Waals surface area contributed by atoms with Crippen molar-refractivity contribution in [3.8, 4) is 17.2 Å². The van der Waals surface area contributed by atoms with Crippen molar-refractivity contribution in [2.75, 3.05) is 46.1 Å². The van der Waals surface area contributed by atoms with E-state index in [1.54, 1.807) is 53.7 Å². The minimum atomic E-state index is -0.628. The summed E-state index contributed by atoms with van der Waals surface area (Å²) in [5, 5.41) is 17.1. The van der Waals surface area contributed by atoms with Crippen LogP contribution in [0.3, 0.4) is 0 Å². The number of hydrogen-bond donors (Lipinski definition) is 4. The van der Waals surface area contributed by atoms with Crippen molar-refractivity contribution >= 4 is 18.1 Å². The van der Waals surface area contributed by atoms with E-state index in [1.807, 2.05) is 6.92 Å². The van der Waals surface area contributed by atoms with Crippen LogP contribution in [0.2, 0.25) is 0 Å². The van der Waals surface area contributed by atoms with E-state index in [2.05, 4.69) is 16.0 Å². The second-order valence-corrected chi connectivity index (χ2v) is 11.6. The second kappa shape index (κ2) is 18.9. The molecule has 0 aromatic heterocycles. The number of carbonyl (C=O) groups is 3. The summed E-state index contributed by atoms with van der Waals surface area (Å²) in [5.41, 5.74) is -0.951. The number of rotatable bonds is 18. The van der Waals surface area contributed by atoms with Crippen LogP contribution in [0, 0.1) is 0 Å². The Bertz CT molecular complexity index is 915. The lowest BCUT2D eigenvalue weighted by Crippen LogP contribution is -2.34. The predicted molar refractivity (Wildman–Crippen MR) is 160 cm³/mol. The molecule has 42 heavy (non-hydrogen) atoms. The highest BCUT2D eigenvalue weighted by molar-refractivity contribution is 5.95. The summed E-state index contributed by atoms with van der Waals surface area (Å²) >= 11 is 0. The number of hydrogen-bond acceptors (Lipinski definition) is 9. The fourth-order valence-electron chi connectivity index (χ4n) is 3.42. The first-order chi connectivity index (χ1) is 19.8. The van der Waals surface area contributed by atoms with E-state index < -0.39 is 23.4 Å². The van der Waals surface area contributed by atoms with Crippen LogP contribution in [-0.2, 0) is 9.47 Å². The van der Waals surface area contributed by atoms with E-state index in [4.69, 9.17) is 28.8 Å². The Hall–Kier alpha value is -3.41. The Morgan fingerprint density at radius 3 is 1.64 bits per heavy atom. The van der Waals surface area contributed by atoms with Crippen molar-refractivity contribution in [2.24, 2.45) is 0 Å². The smallest absolute Gasteiger partial charge is 0.407 e. The molecule has 0 spiro atoms. The Morgan fingerprint density at radius 2 is 1.19 bits per heavy atom. The third-order valence-electron chi connectivity index (χ3n) is 5.16. The standard InChI is InChI=1S/C30H51N3O9/c1-8-17-40-25-23(38-18-14-32-27(36)41-29(2,3)4)20-22(26(35)31-13-11-9-10-12-16-34)21-24(25)39-19-15-33-28(37)42-30(5,6)7/h20-21,34H,8-19H2,1-7H3,(H,31,35)(H,32,36)(H,33,37). The van der Waals surface area contributed by atoms with E-state index in [1.165, 1.54) is 0 Å². The lowest BCUT2D eigenvalue weighted by Gasteiger charge is -2.21. The van der Waals surface area contributed by atoms with Gasteiger partial charge in [0.15, 0.2) is 11.5 Å². The number of carbonyl (C=O) groups excluding carboxylic acids is 3. The normalized spacial score (nSPS) is 11.3. The average molecular weight is 598 g/mol. The molecule has 0 radical (unpaired) electrons. The zero-order chi connectivity index (χ0) is 31.6. The van der Waals surface area contributed by atoms with Crippen LogP contribution in [0.1, 0.15) is 90.9 Å². The lowest BCUT2D eigenvalue weighted by molar-refractivity contribution is 0.0509. The molecule has 0 saturated carbocycles. The summed E-state index contributed by atoms with van der Waals surface area (Å²) in [6.07, 6.45) is 2.88. The van der Waals surface area contributed by atoms with Crippen molar-refractivity contribution in [1.29, 1.82) is 0 Å². The van der Waals surface area contributed by atoms with Gasteiger partial charge in [0.1, 0.15) is 24.4 Å². The monoisotopic (exact) mass is 597 g/mol. The molecule has 0 saturated heterocycles. The Balaban J connectivity index is 3.03. The largest absolute Gasteiger partial charge is 0.488 e. The zero-order valence-corrected chi connectivity index (χ0v) is 26.4. The van der Waals surface area contributed by atoms with Crippen molar-refractivity contribution in [1.82, 2.24) is 16.0 Å². The molecule has 0 unspecified atom stereocenters. The van der Waals surface area contributed by atoms with Gasteiger partial charge in [0.2, 0.25) is 5.75 Å². The number of benzene rings is 1. The van der Waals surface area contributed by atoms with Crippen molar-refractivity contribution in [3.05, 3.63) is 17.7 Å². The summed E-state index contributed by atoms with van der Waals surface area (Å²) in [4.78, 5) is 37.0. The van der Waals surface area contributed by atoms with Crippen molar-refractivity contribution in [3.63, 3.8) is 0 Å². The van der Waals surface area contributed by atoms with Crippen LogP contribution in [0.5, 0.6) is 17.2 Å². The Morgan fingerprint density at radius 1 is 0.690 bits per heavy atom. The number of aliphatic hydroxyl groups is 1. The minimum absolute atomic E-state index is 0.0807. The highest BCUT2D eigenvalue weighted by atomic mass is 16.6. The molecule has 0 fully saturated rings. The summed E-state index contributed by atoms with van der Waals surface area (Å²) in [7, 11) is 0. The highest BCUT2D eigenvalue weighted by Gasteiger charge is 2.20. The minimum Gasteiger partial charge on any atom is -0.488 e. The predicted octanol–water partition coefficient (Wildman–Crippen LogP) is 4.56. The number of ether oxygens (including phenoxy) is 5. The van der Waals surface area contributed by atoms with Gasteiger partial charge in [-0.2, -0.15) is 0 Å². The molecule has 4 N–H and O–H groups in total. The second-order valence-electron chi connectivity index (χ2n) is 11.6. The molecule has 0 aliphatic carbocycles. The molecular weight excluding hydrogens is 546 g/mol.